The van der Waals surface area contributed by atoms with Crippen LogP contribution in [0.25, 0.3) is 0 Å². The van der Waals surface area contributed by atoms with E-state index in [2.05, 4.69) is 40.3 Å². The Balaban J connectivity index is 0.00000142. The van der Waals surface area contributed by atoms with Gasteiger partial charge < -0.3 is 21.3 Å². The molecule has 2 rings (SSSR count). The van der Waals surface area contributed by atoms with Crippen LogP contribution in [0.4, 0.5) is 11.4 Å². The van der Waals surface area contributed by atoms with Crippen molar-refractivity contribution in [3.8, 4) is 0 Å². The normalized spacial score (nSPS) is 10.5. The predicted octanol–water partition coefficient (Wildman–Crippen LogP) is 3.05. The van der Waals surface area contributed by atoms with Crippen molar-refractivity contribution in [2.24, 2.45) is 0 Å². The Morgan fingerprint density at radius 2 is 0.891 bits per heavy atom. The molecule has 0 radical (unpaired) electrons. The summed E-state index contributed by atoms with van der Waals surface area (Å²) in [4.78, 5) is 0. The fourth-order valence-corrected chi connectivity index (χ4v) is 3.04. The molecular weight excluding hydrogens is 691 g/mol. The maximum absolute atomic E-state index is 9.33. The highest BCUT2D eigenvalue weighted by molar-refractivity contribution is 7.81. The Bertz CT molecular complexity index is 1350. The van der Waals surface area contributed by atoms with Gasteiger partial charge in [-0.1, -0.05) is 36.0 Å². The second kappa shape index (κ2) is 22.7. The van der Waals surface area contributed by atoms with E-state index in [1.54, 1.807) is 48.5 Å². The molecule has 0 saturated carbocycles. The largest absolute Gasteiger partial charge is 0.397 e. The Morgan fingerprint density at radius 1 is 0.609 bits per heavy atom. The third kappa shape index (κ3) is 25.6. The van der Waals surface area contributed by atoms with Crippen LogP contribution >= 0.6 is 23.2 Å². The Kier molecular flexibility index (Phi) is 20.8. The van der Waals surface area contributed by atoms with E-state index in [-0.39, 0.29) is 23.8 Å². The molecule has 12 N–H and O–H groups in total. The summed E-state index contributed by atoms with van der Waals surface area (Å²) in [6, 6.07) is 13.9. The number of guanidine groups is 4. The molecule has 22 heteroatoms. The number of hydrogen-bond donors (Lipinski definition) is 12. The minimum Gasteiger partial charge on any atom is -0.356 e. The number of halogens is 2. The van der Waals surface area contributed by atoms with Gasteiger partial charge in [0.2, 0.25) is 0 Å². The summed E-state index contributed by atoms with van der Waals surface area (Å²) in [6.07, 6.45) is 3.70. The number of nitrogens with one attached hydrogen (secondary N) is 10. The Hall–Kier alpha value is -3.76. The predicted molar refractivity (Wildman–Crippen MR) is 179 cm³/mol. The zero-order chi connectivity index (χ0) is 35.2. The number of anilines is 2. The fraction of sp³-hybridized carbons (Fsp3) is 0.333. The Morgan fingerprint density at radius 3 is 1.15 bits per heavy atom. The topological polar surface area (TPSA) is 295 Å². The lowest BCUT2D eigenvalue weighted by atomic mass is 10.2. The fourth-order valence-electron chi connectivity index (χ4n) is 2.79. The molecule has 0 unspecified atom stereocenters. The molecule has 2 aromatic carbocycles. The molecular formula is C24H38Cl2N10O8S2. The van der Waals surface area contributed by atoms with Crippen molar-refractivity contribution in [3.05, 3.63) is 58.6 Å². The van der Waals surface area contributed by atoms with Crippen molar-refractivity contribution in [3.63, 3.8) is 0 Å². The van der Waals surface area contributed by atoms with E-state index in [9.17, 15) is 16.8 Å². The van der Waals surface area contributed by atoms with E-state index in [1.807, 2.05) is 0 Å². The smallest absolute Gasteiger partial charge is 0.356 e. The van der Waals surface area contributed by atoms with Crippen LogP contribution in [0.5, 0.6) is 0 Å². The highest BCUT2D eigenvalue weighted by Gasteiger charge is 2.03. The van der Waals surface area contributed by atoms with Crippen LogP contribution in [0.15, 0.2) is 48.5 Å². The third-order valence-corrected chi connectivity index (χ3v) is 6.20. The minimum atomic E-state index is -4.16. The maximum Gasteiger partial charge on any atom is 0.397 e. The summed E-state index contributed by atoms with van der Waals surface area (Å²) in [7, 11) is -6.58. The summed E-state index contributed by atoms with van der Waals surface area (Å²) in [5.41, 5.74) is 1.42. The van der Waals surface area contributed by atoms with Gasteiger partial charge in [0.15, 0.2) is 23.8 Å². The van der Waals surface area contributed by atoms with E-state index in [1.165, 1.54) is 0 Å². The molecule has 2 aromatic rings. The first-order valence-corrected chi connectivity index (χ1v) is 16.4. The molecule has 0 aromatic heterocycles. The van der Waals surface area contributed by atoms with Crippen molar-refractivity contribution in [2.45, 2.75) is 25.7 Å². The molecule has 0 aliphatic carbocycles. The number of rotatable bonds is 11. The highest BCUT2D eigenvalue weighted by Crippen LogP contribution is 2.13. The van der Waals surface area contributed by atoms with Crippen molar-refractivity contribution >= 4 is 79.2 Å². The average Bonchev–Trinajstić information content (AvgIpc) is 2.96. The lowest BCUT2D eigenvalue weighted by Gasteiger charge is -2.13. The lowest BCUT2D eigenvalue weighted by Crippen LogP contribution is -2.43. The maximum atomic E-state index is 9.33. The molecule has 0 heterocycles. The van der Waals surface area contributed by atoms with Crippen LogP contribution < -0.4 is 31.9 Å². The molecule has 0 aliphatic rings. The van der Waals surface area contributed by atoms with Gasteiger partial charge in [-0.15, -0.1) is 0 Å². The SMILES string of the molecule is COS(=O)(=O)O.COS(=O)(=O)O.N=C(NCCCCCCNC(=N)NC(=N)Nc1ccc(Cl)cc1)NC(=N)Nc1ccc(Cl)cc1. The van der Waals surface area contributed by atoms with Gasteiger partial charge in [-0.2, -0.15) is 16.8 Å². The molecule has 0 bridgehead atoms. The third-order valence-electron chi connectivity index (χ3n) is 4.86. The average molecular weight is 730 g/mol. The van der Waals surface area contributed by atoms with E-state index < -0.39 is 20.8 Å². The molecule has 0 spiro atoms. The van der Waals surface area contributed by atoms with Gasteiger partial charge in [-0.25, -0.2) is 0 Å². The number of benzene rings is 2. The molecule has 18 nitrogen and oxygen atoms in total. The molecule has 0 atom stereocenters. The van der Waals surface area contributed by atoms with Crippen molar-refractivity contribution in [2.75, 3.05) is 37.9 Å². The first kappa shape index (κ1) is 42.2. The monoisotopic (exact) mass is 728 g/mol. The van der Waals surface area contributed by atoms with Crippen LogP contribution in [-0.2, 0) is 29.2 Å². The lowest BCUT2D eigenvalue weighted by molar-refractivity contribution is 0.323. The molecule has 0 amide bonds. The minimum absolute atomic E-state index is 0.00148. The first-order valence-electron chi connectivity index (χ1n) is 12.9. The number of hydrogen-bond acceptors (Lipinski definition) is 10. The van der Waals surface area contributed by atoms with Gasteiger partial charge >= 0.3 is 20.8 Å². The van der Waals surface area contributed by atoms with Gasteiger partial charge in [0.1, 0.15) is 0 Å². The summed E-state index contributed by atoms with van der Waals surface area (Å²) in [6.45, 7) is 1.25. The standard InChI is InChI=1S/C22H30Cl2N10.2CH4O4S/c23-15-5-9-17(10-6-15)31-21(27)33-19(25)29-13-3-1-2-4-14-30-20(26)34-22(28)32-18-11-7-16(24)8-12-18;2*1-5-6(2,3)4/h5-12H,1-4,13-14H2,(H5,25,27,29,31,33)(H5,26,28,30,32,34);2*1H3,(H,2,3,4). The first-order chi connectivity index (χ1) is 21.4. The highest BCUT2D eigenvalue weighted by atomic mass is 35.5. The van der Waals surface area contributed by atoms with Crippen LogP contribution in [0.3, 0.4) is 0 Å². The molecule has 258 valence electrons. The quantitative estimate of drug-likeness (QED) is 0.0685. The summed E-state index contributed by atoms with van der Waals surface area (Å²) < 4.78 is 59.4. The van der Waals surface area contributed by atoms with Crippen LogP contribution in [-0.4, -0.2) is 77.1 Å². The second-order valence-corrected chi connectivity index (χ2v) is 11.7. The second-order valence-electron chi connectivity index (χ2n) is 8.47. The van der Waals surface area contributed by atoms with Crippen molar-refractivity contribution in [1.82, 2.24) is 21.3 Å². The zero-order valence-corrected chi connectivity index (χ0v) is 27.9. The number of unbranched alkanes of at least 4 members (excludes halogenated alkanes) is 3. The van der Waals surface area contributed by atoms with E-state index in [0.29, 0.717) is 34.5 Å². The van der Waals surface area contributed by atoms with E-state index in [4.69, 9.17) is 53.9 Å². The molecule has 46 heavy (non-hydrogen) atoms. The van der Waals surface area contributed by atoms with Crippen LogP contribution in [0, 0.1) is 21.6 Å². The van der Waals surface area contributed by atoms with Gasteiger partial charge in [0.05, 0.1) is 14.2 Å². The van der Waals surface area contributed by atoms with E-state index >= 15 is 0 Å². The van der Waals surface area contributed by atoms with Crippen LogP contribution in [0.1, 0.15) is 25.7 Å². The van der Waals surface area contributed by atoms with Crippen LogP contribution in [0.2, 0.25) is 10.0 Å². The Labute approximate surface area is 277 Å². The van der Waals surface area contributed by atoms with Gasteiger partial charge in [-0.3, -0.25) is 49.7 Å². The van der Waals surface area contributed by atoms with Gasteiger partial charge in [0.25, 0.3) is 0 Å². The molecule has 0 fully saturated rings. The summed E-state index contributed by atoms with van der Waals surface area (Å²) in [5, 5.41) is 49.5. The van der Waals surface area contributed by atoms with E-state index in [0.717, 1.165) is 39.9 Å². The van der Waals surface area contributed by atoms with Crippen molar-refractivity contribution in [1.29, 1.82) is 21.6 Å². The molecule has 0 saturated heterocycles. The van der Waals surface area contributed by atoms with Crippen molar-refractivity contribution < 1.29 is 34.3 Å². The summed E-state index contributed by atoms with van der Waals surface area (Å²) in [5.74, 6) is 0.112. The summed E-state index contributed by atoms with van der Waals surface area (Å²) >= 11 is 11.7. The van der Waals surface area contributed by atoms with Gasteiger partial charge in [0, 0.05) is 34.5 Å². The zero-order valence-electron chi connectivity index (χ0n) is 24.8. The molecule has 0 aliphatic heterocycles. The van der Waals surface area contributed by atoms with Gasteiger partial charge in [-0.05, 0) is 61.4 Å².